The summed E-state index contributed by atoms with van der Waals surface area (Å²) >= 11 is 1.71. The highest BCUT2D eigenvalue weighted by Crippen LogP contribution is 2.19. The van der Waals surface area contributed by atoms with E-state index in [0.717, 1.165) is 30.8 Å². The van der Waals surface area contributed by atoms with Gasteiger partial charge in [0, 0.05) is 36.0 Å². The lowest BCUT2D eigenvalue weighted by molar-refractivity contribution is 0.0939. The number of hydrogen-bond acceptors (Lipinski definition) is 4. The molecule has 0 aliphatic heterocycles. The van der Waals surface area contributed by atoms with Gasteiger partial charge >= 0.3 is 0 Å². The predicted molar refractivity (Wildman–Crippen MR) is 100 cm³/mol. The van der Waals surface area contributed by atoms with Crippen LogP contribution >= 0.6 is 11.3 Å². The number of carbonyl (C=O) groups excluding carboxylic acids is 1. The molecule has 2 N–H and O–H groups in total. The van der Waals surface area contributed by atoms with E-state index in [-0.39, 0.29) is 11.9 Å². The summed E-state index contributed by atoms with van der Waals surface area (Å²) < 4.78 is 0. The zero-order chi connectivity index (χ0) is 17.5. The van der Waals surface area contributed by atoms with E-state index < -0.39 is 0 Å². The van der Waals surface area contributed by atoms with Crippen molar-refractivity contribution < 1.29 is 4.79 Å². The van der Waals surface area contributed by atoms with Crippen LogP contribution in [0.3, 0.4) is 0 Å². The number of nitrogens with one attached hydrogen (secondary N) is 2. The van der Waals surface area contributed by atoms with Crippen LogP contribution in [0.5, 0.6) is 0 Å². The molecule has 1 amide bonds. The third-order valence-corrected chi connectivity index (χ3v) is 5.07. The molecule has 0 saturated heterocycles. The highest BCUT2D eigenvalue weighted by atomic mass is 32.1. The number of hydrogen-bond donors (Lipinski definition) is 2. The Balaban J connectivity index is 1.88. The van der Waals surface area contributed by atoms with Crippen LogP contribution in [-0.2, 0) is 13.1 Å². The average molecular weight is 346 g/mol. The first-order valence-corrected chi connectivity index (χ1v) is 9.42. The van der Waals surface area contributed by atoms with E-state index in [1.807, 2.05) is 31.2 Å². The molecule has 0 aliphatic rings. The van der Waals surface area contributed by atoms with Crippen molar-refractivity contribution >= 4 is 17.2 Å². The van der Waals surface area contributed by atoms with Crippen molar-refractivity contribution in [2.75, 3.05) is 0 Å². The van der Waals surface area contributed by atoms with Crippen LogP contribution in [-0.4, -0.2) is 16.9 Å². The number of aromatic nitrogens is 1. The van der Waals surface area contributed by atoms with Crippen LogP contribution in [0.4, 0.5) is 0 Å². The zero-order valence-electron chi connectivity index (χ0n) is 14.9. The van der Waals surface area contributed by atoms with E-state index in [2.05, 4.69) is 41.8 Å². The van der Waals surface area contributed by atoms with E-state index in [1.165, 1.54) is 5.01 Å². The highest BCUT2D eigenvalue weighted by Gasteiger charge is 2.09. The fourth-order valence-electron chi connectivity index (χ4n) is 2.24. The normalized spacial score (nSPS) is 12.4. The smallest absolute Gasteiger partial charge is 0.251 e. The fourth-order valence-corrected chi connectivity index (χ4v) is 3.07. The largest absolute Gasteiger partial charge is 0.350 e. The molecule has 2 aromatic rings. The number of rotatable bonds is 8. The van der Waals surface area contributed by atoms with Gasteiger partial charge in [-0.1, -0.05) is 32.9 Å². The maximum atomic E-state index is 12.2. The average Bonchev–Trinajstić information content (AvgIpc) is 3.04. The Morgan fingerprint density at radius 1 is 1.25 bits per heavy atom. The van der Waals surface area contributed by atoms with E-state index in [0.29, 0.717) is 11.5 Å². The van der Waals surface area contributed by atoms with Gasteiger partial charge in [0.2, 0.25) is 0 Å². The first-order chi connectivity index (χ1) is 11.5. The number of amides is 1. The SMILES string of the molecule is CC[C@@H](C)NC(=O)c1cccc(CNCc2csc(C(C)C)n2)c1. The number of thiazole rings is 1. The molecular formula is C19H27N3OS. The van der Waals surface area contributed by atoms with Crippen molar-refractivity contribution in [2.24, 2.45) is 0 Å². The van der Waals surface area contributed by atoms with Gasteiger partial charge in [-0.3, -0.25) is 4.79 Å². The Morgan fingerprint density at radius 3 is 2.71 bits per heavy atom. The molecule has 4 nitrogen and oxygen atoms in total. The first kappa shape index (κ1) is 18.6. The molecule has 1 aromatic carbocycles. The van der Waals surface area contributed by atoms with Crippen molar-refractivity contribution in [3.63, 3.8) is 0 Å². The summed E-state index contributed by atoms with van der Waals surface area (Å²) in [5, 5.41) is 9.69. The summed E-state index contributed by atoms with van der Waals surface area (Å²) in [7, 11) is 0. The van der Waals surface area contributed by atoms with Gasteiger partial charge in [-0.05, 0) is 31.0 Å². The van der Waals surface area contributed by atoms with E-state index in [1.54, 1.807) is 11.3 Å². The number of carbonyl (C=O) groups is 1. The second-order valence-corrected chi connectivity index (χ2v) is 7.31. The fraction of sp³-hybridized carbons (Fsp3) is 0.474. The summed E-state index contributed by atoms with van der Waals surface area (Å²) in [6.07, 6.45) is 0.930. The van der Waals surface area contributed by atoms with Gasteiger partial charge in [0.25, 0.3) is 5.91 Å². The maximum absolute atomic E-state index is 12.2. The molecule has 24 heavy (non-hydrogen) atoms. The minimum atomic E-state index is -0.00715. The summed E-state index contributed by atoms with van der Waals surface area (Å²) in [6.45, 7) is 9.86. The van der Waals surface area contributed by atoms with Gasteiger partial charge in [-0.15, -0.1) is 11.3 Å². The summed E-state index contributed by atoms with van der Waals surface area (Å²) in [6, 6.07) is 7.97. The monoisotopic (exact) mass is 345 g/mol. The lowest BCUT2D eigenvalue weighted by atomic mass is 10.1. The highest BCUT2D eigenvalue weighted by molar-refractivity contribution is 7.09. The van der Waals surface area contributed by atoms with E-state index in [4.69, 9.17) is 0 Å². The van der Waals surface area contributed by atoms with Crippen molar-refractivity contribution in [1.82, 2.24) is 15.6 Å². The molecule has 0 saturated carbocycles. The van der Waals surface area contributed by atoms with Crippen LogP contribution < -0.4 is 10.6 Å². The van der Waals surface area contributed by atoms with E-state index >= 15 is 0 Å². The minimum Gasteiger partial charge on any atom is -0.350 e. The lowest BCUT2D eigenvalue weighted by Gasteiger charge is -2.12. The quantitative estimate of drug-likeness (QED) is 0.758. The van der Waals surface area contributed by atoms with Crippen LogP contribution in [0.25, 0.3) is 0 Å². The molecule has 0 fully saturated rings. The van der Waals surface area contributed by atoms with Crippen molar-refractivity contribution in [2.45, 2.75) is 59.2 Å². The molecule has 130 valence electrons. The maximum Gasteiger partial charge on any atom is 0.251 e. The number of benzene rings is 1. The summed E-state index contributed by atoms with van der Waals surface area (Å²) in [4.78, 5) is 16.8. The molecule has 0 radical (unpaired) electrons. The minimum absolute atomic E-state index is 0.00715. The third-order valence-electron chi connectivity index (χ3n) is 3.88. The molecule has 0 bridgehead atoms. The van der Waals surface area contributed by atoms with Gasteiger partial charge in [0.05, 0.1) is 10.7 Å². The van der Waals surface area contributed by atoms with Crippen LogP contribution in [0.15, 0.2) is 29.6 Å². The van der Waals surface area contributed by atoms with Gasteiger partial charge in [0.15, 0.2) is 0 Å². The molecular weight excluding hydrogens is 318 g/mol. The molecule has 0 spiro atoms. The summed E-state index contributed by atoms with van der Waals surface area (Å²) in [5.41, 5.74) is 2.89. The van der Waals surface area contributed by atoms with Gasteiger partial charge in [-0.25, -0.2) is 4.98 Å². The van der Waals surface area contributed by atoms with Gasteiger partial charge in [0.1, 0.15) is 0 Å². The summed E-state index contributed by atoms with van der Waals surface area (Å²) in [5.74, 6) is 0.469. The van der Waals surface area contributed by atoms with E-state index in [9.17, 15) is 4.79 Å². The second kappa shape index (κ2) is 8.94. The standard InChI is InChI=1S/C19H27N3OS/c1-5-14(4)21-18(23)16-8-6-7-15(9-16)10-20-11-17-12-24-19(22-17)13(2)3/h6-9,12-14,20H,5,10-11H2,1-4H3,(H,21,23)/t14-/m1/s1. The van der Waals surface area contributed by atoms with Crippen molar-refractivity contribution in [3.05, 3.63) is 51.5 Å². The van der Waals surface area contributed by atoms with Crippen molar-refractivity contribution in [3.8, 4) is 0 Å². The van der Waals surface area contributed by atoms with Gasteiger partial charge < -0.3 is 10.6 Å². The van der Waals surface area contributed by atoms with Crippen LogP contribution in [0.1, 0.15) is 66.7 Å². The topological polar surface area (TPSA) is 54.0 Å². The Bertz CT molecular complexity index is 666. The number of nitrogens with zero attached hydrogens (tertiary/aromatic N) is 1. The first-order valence-electron chi connectivity index (χ1n) is 8.54. The molecule has 1 aromatic heterocycles. The zero-order valence-corrected chi connectivity index (χ0v) is 15.7. The predicted octanol–water partition coefficient (Wildman–Crippen LogP) is 4.08. The van der Waals surface area contributed by atoms with Crippen molar-refractivity contribution in [1.29, 1.82) is 0 Å². The second-order valence-electron chi connectivity index (χ2n) is 6.42. The van der Waals surface area contributed by atoms with Crippen LogP contribution in [0.2, 0.25) is 0 Å². The van der Waals surface area contributed by atoms with Crippen LogP contribution in [0, 0.1) is 0 Å². The Labute approximate surface area is 148 Å². The molecule has 1 heterocycles. The lowest BCUT2D eigenvalue weighted by Crippen LogP contribution is -2.32. The molecule has 1 atom stereocenters. The van der Waals surface area contributed by atoms with Gasteiger partial charge in [-0.2, -0.15) is 0 Å². The molecule has 2 rings (SSSR count). The molecule has 5 heteroatoms. The third kappa shape index (κ3) is 5.42. The Hall–Kier alpha value is -1.72. The Morgan fingerprint density at radius 2 is 2.04 bits per heavy atom. The Kier molecular flexibility index (Phi) is 6.94. The molecule has 0 aliphatic carbocycles. The molecule has 0 unspecified atom stereocenters.